The highest BCUT2D eigenvalue weighted by Crippen LogP contribution is 2.48. The van der Waals surface area contributed by atoms with Crippen LogP contribution >= 0.6 is 23.5 Å². The number of hydrogen-bond acceptors (Lipinski definition) is 4. The van der Waals surface area contributed by atoms with Gasteiger partial charge in [0.05, 0.1) is 10.6 Å². The molecule has 24 heavy (non-hydrogen) atoms. The van der Waals surface area contributed by atoms with E-state index in [1.807, 2.05) is 79.0 Å². The van der Waals surface area contributed by atoms with Crippen LogP contribution in [0.1, 0.15) is 28.7 Å². The van der Waals surface area contributed by atoms with Gasteiger partial charge in [0.15, 0.2) is 6.61 Å². The maximum absolute atomic E-state index is 12.2. The molecule has 1 fully saturated rings. The van der Waals surface area contributed by atoms with Gasteiger partial charge < -0.3 is 10.1 Å². The minimum atomic E-state index is -0.104. The zero-order valence-electron chi connectivity index (χ0n) is 13.6. The smallest absolute Gasteiger partial charge is 0.258 e. The van der Waals surface area contributed by atoms with Crippen molar-refractivity contribution in [2.45, 2.75) is 17.5 Å². The summed E-state index contributed by atoms with van der Waals surface area (Å²) in [4.78, 5) is 12.2. The first-order chi connectivity index (χ1) is 11.7. The molecule has 1 heterocycles. The molecule has 1 atom stereocenters. The fourth-order valence-corrected chi connectivity index (χ4v) is 5.50. The average molecular weight is 360 g/mol. The van der Waals surface area contributed by atoms with Crippen molar-refractivity contribution in [2.24, 2.45) is 0 Å². The number of ether oxygens (including phenoxy) is 1. The molecular weight excluding hydrogens is 338 g/mol. The fraction of sp³-hybridized carbons (Fsp3) is 0.316. The lowest BCUT2D eigenvalue weighted by molar-refractivity contribution is -0.123. The van der Waals surface area contributed by atoms with E-state index in [4.69, 9.17) is 4.74 Å². The van der Waals surface area contributed by atoms with Gasteiger partial charge in [0.2, 0.25) is 0 Å². The maximum atomic E-state index is 12.2. The Kier molecular flexibility index (Phi) is 6.10. The monoisotopic (exact) mass is 359 g/mol. The number of thioether (sulfide) groups is 2. The van der Waals surface area contributed by atoms with Crippen LogP contribution in [0.25, 0.3) is 0 Å². The highest BCUT2D eigenvalue weighted by molar-refractivity contribution is 8.19. The fourth-order valence-electron chi connectivity index (χ4n) is 2.60. The van der Waals surface area contributed by atoms with E-state index in [1.54, 1.807) is 0 Å². The van der Waals surface area contributed by atoms with E-state index in [-0.39, 0.29) is 18.6 Å². The first-order valence-corrected chi connectivity index (χ1v) is 10.1. The lowest BCUT2D eigenvalue weighted by Crippen LogP contribution is -2.31. The van der Waals surface area contributed by atoms with Crippen molar-refractivity contribution in [3.8, 4) is 5.75 Å². The van der Waals surface area contributed by atoms with Crippen molar-refractivity contribution < 1.29 is 9.53 Å². The van der Waals surface area contributed by atoms with E-state index >= 15 is 0 Å². The minimum Gasteiger partial charge on any atom is -0.483 e. The third-order valence-corrected chi connectivity index (χ3v) is 6.90. The van der Waals surface area contributed by atoms with Gasteiger partial charge in [-0.2, -0.15) is 0 Å². The van der Waals surface area contributed by atoms with Crippen molar-refractivity contribution >= 4 is 29.4 Å². The number of carbonyl (C=O) groups excluding carboxylic acids is 1. The molecule has 1 N–H and O–H groups in total. The van der Waals surface area contributed by atoms with Crippen LogP contribution in [0, 0.1) is 0 Å². The number of amides is 1. The molecule has 1 amide bonds. The van der Waals surface area contributed by atoms with Crippen LogP contribution in [-0.4, -0.2) is 24.0 Å². The van der Waals surface area contributed by atoms with Gasteiger partial charge in [-0.05, 0) is 18.6 Å². The number of hydrogen-bond donors (Lipinski definition) is 1. The second-order valence-corrected chi connectivity index (χ2v) is 8.32. The van der Waals surface area contributed by atoms with Gasteiger partial charge in [-0.15, -0.1) is 23.5 Å². The standard InChI is InChI=1S/C19H21NO2S2/c1-14(15-7-3-2-4-8-15)20-18(21)13-22-17-10-6-5-9-16(17)19-23-11-12-24-19/h2-10,14,19H,11-13H2,1H3,(H,20,21)/t14-/m0/s1. The average Bonchev–Trinajstić information content (AvgIpc) is 3.15. The molecule has 5 heteroatoms. The molecular formula is C19H21NO2S2. The number of nitrogens with one attached hydrogen (secondary N) is 1. The summed E-state index contributed by atoms with van der Waals surface area (Å²) in [6, 6.07) is 17.9. The van der Waals surface area contributed by atoms with Gasteiger partial charge in [0.1, 0.15) is 5.75 Å². The minimum absolute atomic E-state index is 0.0292. The molecule has 0 saturated carbocycles. The lowest BCUT2D eigenvalue weighted by Gasteiger charge is -2.17. The molecule has 3 nitrogen and oxygen atoms in total. The molecule has 0 radical (unpaired) electrons. The summed E-state index contributed by atoms with van der Waals surface area (Å²) in [6.07, 6.45) is 0. The zero-order valence-corrected chi connectivity index (χ0v) is 15.2. The van der Waals surface area contributed by atoms with Crippen molar-refractivity contribution in [3.05, 3.63) is 65.7 Å². The third kappa shape index (κ3) is 4.48. The van der Waals surface area contributed by atoms with Gasteiger partial charge in [-0.3, -0.25) is 4.79 Å². The van der Waals surface area contributed by atoms with Gasteiger partial charge in [-0.1, -0.05) is 48.5 Å². The first kappa shape index (κ1) is 17.2. The van der Waals surface area contributed by atoms with Crippen LogP contribution in [0.3, 0.4) is 0 Å². The maximum Gasteiger partial charge on any atom is 0.258 e. The number of benzene rings is 2. The van der Waals surface area contributed by atoms with Crippen LogP contribution in [-0.2, 0) is 4.79 Å². The molecule has 2 aromatic rings. The van der Waals surface area contributed by atoms with Gasteiger partial charge in [0.25, 0.3) is 5.91 Å². The largest absolute Gasteiger partial charge is 0.483 e. The molecule has 3 rings (SSSR count). The summed E-state index contributed by atoms with van der Waals surface area (Å²) in [6.45, 7) is 2.02. The van der Waals surface area contributed by atoms with E-state index < -0.39 is 0 Å². The van der Waals surface area contributed by atoms with Crippen LogP contribution < -0.4 is 10.1 Å². The second-order valence-electron chi connectivity index (χ2n) is 5.60. The topological polar surface area (TPSA) is 38.3 Å². The van der Waals surface area contributed by atoms with E-state index in [0.717, 1.165) is 11.3 Å². The molecule has 0 unspecified atom stereocenters. The molecule has 0 aromatic heterocycles. The predicted molar refractivity (Wildman–Crippen MR) is 103 cm³/mol. The predicted octanol–water partition coefficient (Wildman–Crippen LogP) is 4.42. The van der Waals surface area contributed by atoms with Crippen LogP contribution in [0.4, 0.5) is 0 Å². The molecule has 0 aliphatic carbocycles. The van der Waals surface area contributed by atoms with Gasteiger partial charge in [0, 0.05) is 17.1 Å². The summed E-state index contributed by atoms with van der Waals surface area (Å²) in [5.41, 5.74) is 2.26. The SMILES string of the molecule is C[C@H](NC(=O)COc1ccccc1C1SCCS1)c1ccccc1. The zero-order chi connectivity index (χ0) is 16.8. The van der Waals surface area contributed by atoms with Crippen LogP contribution in [0.15, 0.2) is 54.6 Å². The quantitative estimate of drug-likeness (QED) is 0.828. The molecule has 126 valence electrons. The second kappa shape index (κ2) is 8.49. The Labute approximate surface area is 151 Å². The van der Waals surface area contributed by atoms with Crippen LogP contribution in [0.2, 0.25) is 0 Å². The third-order valence-electron chi connectivity index (χ3n) is 3.83. The lowest BCUT2D eigenvalue weighted by atomic mass is 10.1. The van der Waals surface area contributed by atoms with Crippen LogP contribution in [0.5, 0.6) is 5.75 Å². The Bertz CT molecular complexity index is 672. The Morgan fingerprint density at radius 3 is 2.54 bits per heavy atom. The molecule has 1 aliphatic rings. The number of rotatable bonds is 6. The highest BCUT2D eigenvalue weighted by Gasteiger charge is 2.22. The van der Waals surface area contributed by atoms with Crippen molar-refractivity contribution in [2.75, 3.05) is 18.1 Å². The molecule has 0 spiro atoms. The highest BCUT2D eigenvalue weighted by atomic mass is 32.2. The Morgan fingerprint density at radius 2 is 1.79 bits per heavy atom. The number of para-hydroxylation sites is 1. The Morgan fingerprint density at radius 1 is 1.12 bits per heavy atom. The van der Waals surface area contributed by atoms with Gasteiger partial charge in [-0.25, -0.2) is 0 Å². The van der Waals surface area contributed by atoms with Crippen molar-refractivity contribution in [1.29, 1.82) is 0 Å². The van der Waals surface area contributed by atoms with Crippen molar-refractivity contribution in [3.63, 3.8) is 0 Å². The molecule has 0 bridgehead atoms. The Hall–Kier alpha value is -1.59. The van der Waals surface area contributed by atoms with E-state index in [9.17, 15) is 4.79 Å². The van der Waals surface area contributed by atoms with Crippen molar-refractivity contribution in [1.82, 2.24) is 5.32 Å². The summed E-state index contributed by atoms with van der Waals surface area (Å²) in [7, 11) is 0. The first-order valence-electron chi connectivity index (χ1n) is 8.03. The van der Waals surface area contributed by atoms with E-state index in [2.05, 4.69) is 11.4 Å². The summed E-state index contributed by atoms with van der Waals surface area (Å²) < 4.78 is 6.22. The van der Waals surface area contributed by atoms with Gasteiger partial charge >= 0.3 is 0 Å². The summed E-state index contributed by atoms with van der Waals surface area (Å²) >= 11 is 3.87. The van der Waals surface area contributed by atoms with E-state index in [0.29, 0.717) is 4.58 Å². The summed E-state index contributed by atoms with van der Waals surface area (Å²) in [5, 5.41) is 2.98. The molecule has 1 aliphatic heterocycles. The number of carbonyl (C=O) groups is 1. The molecule has 1 saturated heterocycles. The van der Waals surface area contributed by atoms with E-state index in [1.165, 1.54) is 17.1 Å². The molecule has 2 aromatic carbocycles. The summed E-state index contributed by atoms with van der Waals surface area (Å²) in [5.74, 6) is 3.04. The Balaban J connectivity index is 1.57. The normalized spacial score (nSPS) is 15.9.